The standard InChI is InChI=1S/C10H13ClN4O3/c11-10-12-4-8(15(17)18)9(13-10)14-3-1-2-7(5-14)6-16/h4,7,16H,1-3,5-6H2. The zero-order valence-corrected chi connectivity index (χ0v) is 10.4. The normalized spacial score (nSPS) is 19.9. The number of aromatic nitrogens is 2. The average Bonchev–Trinajstić information content (AvgIpc) is 2.38. The maximum atomic E-state index is 10.9. The molecule has 0 spiro atoms. The fraction of sp³-hybridized carbons (Fsp3) is 0.600. The molecule has 1 aliphatic rings. The van der Waals surface area contributed by atoms with Crippen LogP contribution in [0.25, 0.3) is 0 Å². The van der Waals surface area contributed by atoms with Crippen molar-refractivity contribution in [3.8, 4) is 0 Å². The van der Waals surface area contributed by atoms with Gasteiger partial charge in [-0.15, -0.1) is 0 Å². The Hall–Kier alpha value is -1.47. The Bertz CT molecular complexity index is 457. The first kappa shape index (κ1) is 13.0. The van der Waals surface area contributed by atoms with Crippen molar-refractivity contribution < 1.29 is 10.0 Å². The third-order valence-corrected chi connectivity index (χ3v) is 3.18. The Kier molecular flexibility index (Phi) is 3.93. The minimum atomic E-state index is -0.520. The molecule has 0 aliphatic carbocycles. The van der Waals surface area contributed by atoms with Crippen LogP contribution in [0.5, 0.6) is 0 Å². The Morgan fingerprint density at radius 2 is 2.44 bits per heavy atom. The Morgan fingerprint density at radius 1 is 1.67 bits per heavy atom. The lowest BCUT2D eigenvalue weighted by Crippen LogP contribution is -2.37. The molecule has 1 saturated heterocycles. The SMILES string of the molecule is O=[N+]([O-])c1cnc(Cl)nc1N1CCCC(CO)C1. The van der Waals surface area contributed by atoms with Crippen LogP contribution in [-0.4, -0.2) is 39.7 Å². The molecule has 0 bridgehead atoms. The number of hydrogen-bond acceptors (Lipinski definition) is 6. The number of aliphatic hydroxyl groups is 1. The van der Waals surface area contributed by atoms with E-state index in [1.54, 1.807) is 4.90 Å². The van der Waals surface area contributed by atoms with Crippen LogP contribution >= 0.6 is 11.6 Å². The van der Waals surface area contributed by atoms with Gasteiger partial charge in [-0.1, -0.05) is 0 Å². The van der Waals surface area contributed by atoms with E-state index in [0.717, 1.165) is 19.0 Å². The van der Waals surface area contributed by atoms with Crippen LogP contribution < -0.4 is 4.90 Å². The van der Waals surface area contributed by atoms with Gasteiger partial charge < -0.3 is 10.0 Å². The summed E-state index contributed by atoms with van der Waals surface area (Å²) in [6, 6.07) is 0. The lowest BCUT2D eigenvalue weighted by molar-refractivity contribution is -0.384. The van der Waals surface area contributed by atoms with Crippen molar-refractivity contribution in [2.75, 3.05) is 24.6 Å². The predicted molar refractivity (Wildman–Crippen MR) is 65.7 cm³/mol. The van der Waals surface area contributed by atoms with Gasteiger partial charge in [-0.25, -0.2) is 4.98 Å². The topological polar surface area (TPSA) is 92.4 Å². The van der Waals surface area contributed by atoms with Gasteiger partial charge in [-0.2, -0.15) is 4.98 Å². The first-order valence-electron chi connectivity index (χ1n) is 5.64. The van der Waals surface area contributed by atoms with Gasteiger partial charge >= 0.3 is 5.69 Å². The van der Waals surface area contributed by atoms with Gasteiger partial charge in [0.2, 0.25) is 11.1 Å². The zero-order chi connectivity index (χ0) is 13.1. The molecule has 0 aromatic carbocycles. The third-order valence-electron chi connectivity index (χ3n) is 2.99. The van der Waals surface area contributed by atoms with Crippen molar-refractivity contribution >= 4 is 23.1 Å². The molecule has 1 unspecified atom stereocenters. The molecule has 18 heavy (non-hydrogen) atoms. The molecule has 1 aromatic rings. The molecule has 2 heterocycles. The number of anilines is 1. The highest BCUT2D eigenvalue weighted by atomic mass is 35.5. The molecule has 7 nitrogen and oxygen atoms in total. The molecule has 98 valence electrons. The summed E-state index contributed by atoms with van der Waals surface area (Å²) in [5, 5.41) is 20.1. The van der Waals surface area contributed by atoms with Crippen LogP contribution in [0.2, 0.25) is 5.28 Å². The molecule has 1 aliphatic heterocycles. The van der Waals surface area contributed by atoms with Gasteiger partial charge in [0.15, 0.2) is 0 Å². The van der Waals surface area contributed by atoms with Crippen molar-refractivity contribution in [3.05, 3.63) is 21.6 Å². The van der Waals surface area contributed by atoms with E-state index in [-0.39, 0.29) is 29.3 Å². The highest BCUT2D eigenvalue weighted by molar-refractivity contribution is 6.28. The molecule has 0 amide bonds. The molecule has 0 saturated carbocycles. The summed E-state index contributed by atoms with van der Waals surface area (Å²) in [5.74, 6) is 0.352. The number of halogens is 1. The molecular weight excluding hydrogens is 260 g/mol. The van der Waals surface area contributed by atoms with Gasteiger partial charge in [0, 0.05) is 19.7 Å². The zero-order valence-electron chi connectivity index (χ0n) is 9.62. The van der Waals surface area contributed by atoms with Crippen LogP contribution in [0.15, 0.2) is 6.20 Å². The van der Waals surface area contributed by atoms with Crippen molar-refractivity contribution in [1.82, 2.24) is 9.97 Å². The lowest BCUT2D eigenvalue weighted by atomic mass is 9.99. The number of nitro groups is 1. The van der Waals surface area contributed by atoms with Gasteiger partial charge in [-0.05, 0) is 30.4 Å². The molecule has 1 N–H and O–H groups in total. The predicted octanol–water partition coefficient (Wildman–Crippen LogP) is 1.25. The minimum absolute atomic E-state index is 0.0123. The molecule has 8 heteroatoms. The monoisotopic (exact) mass is 272 g/mol. The van der Waals surface area contributed by atoms with Crippen LogP contribution in [-0.2, 0) is 0 Å². The Morgan fingerprint density at radius 3 is 3.11 bits per heavy atom. The highest BCUT2D eigenvalue weighted by Crippen LogP contribution is 2.29. The molecule has 0 radical (unpaired) electrons. The first-order valence-corrected chi connectivity index (χ1v) is 6.02. The summed E-state index contributed by atoms with van der Waals surface area (Å²) >= 11 is 5.69. The molecular formula is C10H13ClN4O3. The van der Waals surface area contributed by atoms with E-state index >= 15 is 0 Å². The van der Waals surface area contributed by atoms with E-state index in [2.05, 4.69) is 9.97 Å². The van der Waals surface area contributed by atoms with E-state index in [0.29, 0.717) is 13.1 Å². The third kappa shape index (κ3) is 2.68. The van der Waals surface area contributed by atoms with Crippen LogP contribution in [0.3, 0.4) is 0 Å². The number of hydrogen-bond donors (Lipinski definition) is 1. The summed E-state index contributed by atoms with van der Waals surface area (Å²) < 4.78 is 0. The summed E-state index contributed by atoms with van der Waals surface area (Å²) in [7, 11) is 0. The van der Waals surface area contributed by atoms with Crippen molar-refractivity contribution in [3.63, 3.8) is 0 Å². The second-order valence-electron chi connectivity index (χ2n) is 4.24. The molecule has 1 atom stereocenters. The fourth-order valence-corrected chi connectivity index (χ4v) is 2.24. The van der Waals surface area contributed by atoms with Crippen molar-refractivity contribution in [2.24, 2.45) is 5.92 Å². The largest absolute Gasteiger partial charge is 0.396 e. The van der Waals surface area contributed by atoms with E-state index in [1.165, 1.54) is 0 Å². The van der Waals surface area contributed by atoms with Crippen LogP contribution in [0.4, 0.5) is 11.5 Å². The van der Waals surface area contributed by atoms with E-state index < -0.39 is 4.92 Å². The van der Waals surface area contributed by atoms with Crippen LogP contribution in [0, 0.1) is 16.0 Å². The molecule has 1 fully saturated rings. The first-order chi connectivity index (χ1) is 8.61. The van der Waals surface area contributed by atoms with Gasteiger partial charge in [0.05, 0.1) is 4.92 Å². The minimum Gasteiger partial charge on any atom is -0.396 e. The number of rotatable bonds is 3. The lowest BCUT2D eigenvalue weighted by Gasteiger charge is -2.32. The second-order valence-corrected chi connectivity index (χ2v) is 4.58. The number of piperidine rings is 1. The van der Waals surface area contributed by atoms with Crippen molar-refractivity contribution in [1.29, 1.82) is 0 Å². The Balaban J connectivity index is 2.31. The van der Waals surface area contributed by atoms with Crippen molar-refractivity contribution in [2.45, 2.75) is 12.8 Å². The Labute approximate surface area is 109 Å². The number of nitrogens with zero attached hydrogens (tertiary/aromatic N) is 4. The van der Waals surface area contributed by atoms with E-state index in [4.69, 9.17) is 16.7 Å². The van der Waals surface area contributed by atoms with Crippen LogP contribution in [0.1, 0.15) is 12.8 Å². The quantitative estimate of drug-likeness (QED) is 0.506. The van der Waals surface area contributed by atoms with Gasteiger partial charge in [-0.3, -0.25) is 10.1 Å². The van der Waals surface area contributed by atoms with E-state index in [1.807, 2.05) is 0 Å². The summed E-state index contributed by atoms with van der Waals surface area (Å²) in [6.45, 7) is 1.29. The smallest absolute Gasteiger partial charge is 0.329 e. The summed E-state index contributed by atoms with van der Waals surface area (Å²) in [4.78, 5) is 19.8. The van der Waals surface area contributed by atoms with Gasteiger partial charge in [0.1, 0.15) is 6.20 Å². The number of aliphatic hydroxyl groups excluding tert-OH is 1. The second kappa shape index (κ2) is 5.45. The average molecular weight is 273 g/mol. The maximum absolute atomic E-state index is 10.9. The maximum Gasteiger partial charge on any atom is 0.329 e. The molecule has 2 rings (SSSR count). The van der Waals surface area contributed by atoms with Gasteiger partial charge in [0.25, 0.3) is 0 Å². The highest BCUT2D eigenvalue weighted by Gasteiger charge is 2.27. The fourth-order valence-electron chi connectivity index (χ4n) is 2.11. The molecule has 1 aromatic heterocycles. The van der Waals surface area contributed by atoms with E-state index in [9.17, 15) is 10.1 Å². The summed E-state index contributed by atoms with van der Waals surface area (Å²) in [5.41, 5.74) is -0.155. The summed E-state index contributed by atoms with van der Waals surface area (Å²) in [6.07, 6.45) is 2.90.